The number of nitrogens with two attached hydrogens (primary N) is 1. The standard InChI is InChI=1S/C28H32N4O3/c1-5-31(6-2)17-9-11-19-25(13-17)35-26-14-18(32(7-3)8-4)10-12-20(26)27(19)21-15-23(29)24(30)16-22(21)28(33)34/h9-16,30H,5-8,29H2,1-4H3,(H,33,34). The number of allylic oxidation sites excluding steroid dienone is 2. The van der Waals surface area contributed by atoms with Crippen LogP contribution in [0.4, 0.5) is 11.4 Å². The van der Waals surface area contributed by atoms with Gasteiger partial charge in [0.1, 0.15) is 11.5 Å². The summed E-state index contributed by atoms with van der Waals surface area (Å²) in [6.45, 7) is 11.9. The number of hydrogen-bond acceptors (Lipinski definition) is 6. The third kappa shape index (κ3) is 4.30. The zero-order valence-electron chi connectivity index (χ0n) is 20.7. The number of carboxylic acids is 1. The van der Waals surface area contributed by atoms with Gasteiger partial charge in [0.25, 0.3) is 0 Å². The molecule has 35 heavy (non-hydrogen) atoms. The molecule has 0 bridgehead atoms. The lowest BCUT2D eigenvalue weighted by Gasteiger charge is -2.30. The first kappa shape index (κ1) is 24.1. The Bertz CT molecular complexity index is 1220. The molecule has 0 spiro atoms. The largest absolute Gasteiger partial charge is 0.478 e. The quantitative estimate of drug-likeness (QED) is 0.438. The van der Waals surface area contributed by atoms with Crippen LogP contribution in [0.1, 0.15) is 38.8 Å². The first-order valence-electron chi connectivity index (χ1n) is 12.0. The minimum atomic E-state index is -1.10. The Morgan fingerprint density at radius 1 is 0.886 bits per heavy atom. The molecule has 0 atom stereocenters. The fraction of sp³-hybridized carbons (Fsp3) is 0.286. The van der Waals surface area contributed by atoms with Crippen LogP contribution in [0.25, 0.3) is 5.57 Å². The number of hydrogen-bond donors (Lipinski definition) is 3. The van der Waals surface area contributed by atoms with Crippen LogP contribution in [-0.2, 0) is 4.79 Å². The van der Waals surface area contributed by atoms with Gasteiger partial charge in [0, 0.05) is 66.4 Å². The molecule has 0 amide bonds. The molecule has 2 aromatic rings. The molecule has 1 aliphatic carbocycles. The van der Waals surface area contributed by atoms with Crippen LogP contribution >= 0.6 is 0 Å². The highest BCUT2D eigenvalue weighted by Gasteiger charge is 2.30. The molecule has 182 valence electrons. The Labute approximate surface area is 206 Å². The summed E-state index contributed by atoms with van der Waals surface area (Å²) in [5.74, 6) is 0.229. The number of nitrogens with one attached hydrogen (secondary N) is 1. The van der Waals surface area contributed by atoms with E-state index in [1.807, 2.05) is 36.4 Å². The maximum atomic E-state index is 12.2. The highest BCUT2D eigenvalue weighted by Crippen LogP contribution is 2.49. The predicted octanol–water partition coefficient (Wildman–Crippen LogP) is 5.17. The Morgan fingerprint density at radius 3 is 1.80 bits per heavy atom. The van der Waals surface area contributed by atoms with Gasteiger partial charge in [-0.2, -0.15) is 0 Å². The Balaban J connectivity index is 2.01. The molecule has 0 radical (unpaired) electrons. The van der Waals surface area contributed by atoms with Crippen LogP contribution < -0.4 is 20.3 Å². The van der Waals surface area contributed by atoms with Crippen LogP contribution in [0, 0.1) is 5.41 Å². The number of ether oxygens (including phenoxy) is 1. The molecule has 0 unspecified atom stereocenters. The normalized spacial score (nSPS) is 14.5. The number of fused-ring (bicyclic) bond motifs is 2. The molecule has 4 N–H and O–H groups in total. The van der Waals surface area contributed by atoms with Crippen LogP contribution in [0.2, 0.25) is 0 Å². The van der Waals surface area contributed by atoms with Gasteiger partial charge in [0.15, 0.2) is 0 Å². The summed E-state index contributed by atoms with van der Waals surface area (Å²) >= 11 is 0. The smallest absolute Gasteiger partial charge is 0.336 e. The van der Waals surface area contributed by atoms with Crippen LogP contribution in [0.15, 0.2) is 65.4 Å². The lowest BCUT2D eigenvalue weighted by Crippen LogP contribution is -2.23. The average Bonchev–Trinajstić information content (AvgIpc) is 2.85. The maximum Gasteiger partial charge on any atom is 0.336 e. The highest BCUT2D eigenvalue weighted by atomic mass is 16.5. The van der Waals surface area contributed by atoms with E-state index in [0.29, 0.717) is 17.1 Å². The van der Waals surface area contributed by atoms with Crippen LogP contribution in [-0.4, -0.2) is 43.0 Å². The van der Waals surface area contributed by atoms with E-state index in [9.17, 15) is 9.90 Å². The molecule has 7 nitrogen and oxygen atoms in total. The van der Waals surface area contributed by atoms with Gasteiger partial charge in [-0.15, -0.1) is 0 Å². The summed E-state index contributed by atoms with van der Waals surface area (Å²) in [6, 6.07) is 12.1. The van der Waals surface area contributed by atoms with Crippen molar-refractivity contribution in [2.45, 2.75) is 27.7 Å². The van der Waals surface area contributed by atoms with Crippen molar-refractivity contribution < 1.29 is 14.6 Å². The first-order chi connectivity index (χ1) is 16.8. The molecule has 4 rings (SSSR count). The Hall–Kier alpha value is -4.00. The van der Waals surface area contributed by atoms with Crippen molar-refractivity contribution in [1.82, 2.24) is 0 Å². The van der Waals surface area contributed by atoms with Gasteiger partial charge >= 0.3 is 5.97 Å². The van der Waals surface area contributed by atoms with Crippen molar-refractivity contribution in [2.75, 3.05) is 36.0 Å². The fourth-order valence-corrected chi connectivity index (χ4v) is 4.73. The minimum absolute atomic E-state index is 0.00646. The number of rotatable bonds is 7. The SMILES string of the molecule is CCN(CC)c1ccc2c(c1)Oc1cc(N(CC)CC)ccc1C2=C1C=C(N)C(=N)C=C1C(=O)O. The van der Waals surface area contributed by atoms with Gasteiger partial charge in [-0.05, 0) is 69.7 Å². The zero-order chi connectivity index (χ0) is 25.3. The molecule has 0 saturated carbocycles. The van der Waals surface area contributed by atoms with Crippen molar-refractivity contribution in [1.29, 1.82) is 5.41 Å². The summed E-state index contributed by atoms with van der Waals surface area (Å²) in [7, 11) is 0. The third-order valence-corrected chi connectivity index (χ3v) is 6.64. The minimum Gasteiger partial charge on any atom is -0.478 e. The molecule has 0 fully saturated rings. The van der Waals surface area contributed by atoms with Crippen molar-refractivity contribution in [2.24, 2.45) is 5.73 Å². The second kappa shape index (κ2) is 9.70. The molecule has 2 aromatic carbocycles. The van der Waals surface area contributed by atoms with Crippen molar-refractivity contribution in [3.8, 4) is 11.5 Å². The number of benzene rings is 2. The number of nitrogens with zero attached hydrogens (tertiary/aromatic N) is 2. The highest BCUT2D eigenvalue weighted by molar-refractivity contribution is 6.15. The summed E-state index contributed by atoms with van der Waals surface area (Å²) in [4.78, 5) is 16.7. The molecular weight excluding hydrogens is 440 g/mol. The number of anilines is 2. The first-order valence-corrected chi connectivity index (χ1v) is 12.0. The van der Waals surface area contributed by atoms with E-state index >= 15 is 0 Å². The van der Waals surface area contributed by atoms with E-state index in [1.165, 1.54) is 6.08 Å². The van der Waals surface area contributed by atoms with Gasteiger partial charge in [-0.25, -0.2) is 4.79 Å². The monoisotopic (exact) mass is 472 g/mol. The van der Waals surface area contributed by atoms with Crippen LogP contribution in [0.3, 0.4) is 0 Å². The lowest BCUT2D eigenvalue weighted by atomic mass is 9.84. The van der Waals surface area contributed by atoms with E-state index < -0.39 is 5.97 Å². The summed E-state index contributed by atoms with van der Waals surface area (Å²) in [5.41, 5.74) is 11.2. The third-order valence-electron chi connectivity index (χ3n) is 6.64. The average molecular weight is 473 g/mol. The van der Waals surface area contributed by atoms with E-state index in [2.05, 4.69) is 37.5 Å². The van der Waals surface area contributed by atoms with Crippen molar-refractivity contribution >= 4 is 28.6 Å². The zero-order valence-corrected chi connectivity index (χ0v) is 20.7. The fourth-order valence-electron chi connectivity index (χ4n) is 4.73. The Morgan fingerprint density at radius 2 is 1.37 bits per heavy atom. The van der Waals surface area contributed by atoms with E-state index in [1.54, 1.807) is 6.08 Å². The summed E-state index contributed by atoms with van der Waals surface area (Å²) in [5, 5.41) is 18.0. The van der Waals surface area contributed by atoms with E-state index in [-0.39, 0.29) is 17.0 Å². The molecule has 2 aliphatic rings. The van der Waals surface area contributed by atoms with E-state index in [0.717, 1.165) is 54.3 Å². The van der Waals surface area contributed by atoms with Crippen LogP contribution in [0.5, 0.6) is 11.5 Å². The molecule has 0 saturated heterocycles. The molecular formula is C28H32N4O3. The summed E-state index contributed by atoms with van der Waals surface area (Å²) in [6.07, 6.45) is 2.92. The maximum absolute atomic E-state index is 12.2. The van der Waals surface area contributed by atoms with Gasteiger partial charge in [0.05, 0.1) is 17.0 Å². The number of aliphatic carboxylic acids is 1. The van der Waals surface area contributed by atoms with Gasteiger partial charge in [-0.1, -0.05) is 0 Å². The van der Waals surface area contributed by atoms with Gasteiger partial charge in [-0.3, -0.25) is 5.41 Å². The summed E-state index contributed by atoms with van der Waals surface area (Å²) < 4.78 is 6.45. The molecule has 1 heterocycles. The van der Waals surface area contributed by atoms with Crippen molar-refractivity contribution in [3.63, 3.8) is 0 Å². The second-order valence-corrected chi connectivity index (χ2v) is 8.47. The molecule has 0 aromatic heterocycles. The van der Waals surface area contributed by atoms with Crippen molar-refractivity contribution in [3.05, 3.63) is 76.5 Å². The predicted molar refractivity (Wildman–Crippen MR) is 142 cm³/mol. The number of carboxylic acid groups (broad SMARTS) is 1. The topological polar surface area (TPSA) is 103 Å². The van der Waals surface area contributed by atoms with Gasteiger partial charge in [0.2, 0.25) is 0 Å². The second-order valence-electron chi connectivity index (χ2n) is 8.47. The Kier molecular flexibility index (Phi) is 6.69. The lowest BCUT2D eigenvalue weighted by molar-refractivity contribution is -0.132. The van der Waals surface area contributed by atoms with Gasteiger partial charge < -0.3 is 25.4 Å². The number of carbonyl (C=O) groups is 1. The molecule has 7 heteroatoms. The molecule has 1 aliphatic heterocycles. The van der Waals surface area contributed by atoms with E-state index in [4.69, 9.17) is 15.9 Å².